The molecule has 2 atom stereocenters. The average molecular weight is 684 g/mol. The molecule has 0 aliphatic heterocycles. The smallest absolute Gasteiger partial charge is 0.352 e. The topological polar surface area (TPSA) is 86.8 Å². The minimum Gasteiger partial charge on any atom is -0.352 e. The Bertz CT molecular complexity index is 1820. The first-order chi connectivity index (χ1) is 22.7. The highest BCUT2D eigenvalue weighted by Gasteiger charge is 2.37. The molecule has 0 aliphatic carbocycles. The van der Waals surface area contributed by atoms with Gasteiger partial charge in [0, 0.05) is 24.6 Å². The fourth-order valence-electron chi connectivity index (χ4n) is 5.01. The van der Waals surface area contributed by atoms with Gasteiger partial charge in [-0.05, 0) is 62.2 Å². The van der Waals surface area contributed by atoms with Crippen LogP contribution in [-0.2, 0) is 38.8 Å². The number of carbonyl (C=O) groups is 2. The number of amides is 2. The van der Waals surface area contributed by atoms with Crippen LogP contribution in [0, 0.1) is 12.7 Å². The maximum absolute atomic E-state index is 15.0. The minimum absolute atomic E-state index is 0.00241. The lowest BCUT2D eigenvalue weighted by Gasteiger charge is -2.34. The van der Waals surface area contributed by atoms with Crippen molar-refractivity contribution in [3.63, 3.8) is 0 Å². The van der Waals surface area contributed by atoms with Gasteiger partial charge in [-0.3, -0.25) is 13.9 Å². The molecule has 4 rings (SSSR count). The van der Waals surface area contributed by atoms with Crippen LogP contribution >= 0.6 is 0 Å². The number of aryl methyl sites for hydroxylation is 1. The zero-order valence-corrected chi connectivity index (χ0v) is 27.6. The molecule has 48 heavy (non-hydrogen) atoms. The second-order valence-electron chi connectivity index (χ2n) is 11.5. The van der Waals surface area contributed by atoms with Gasteiger partial charge in [-0.15, -0.1) is 0 Å². The normalized spacial score (nSPS) is 13.0. The van der Waals surface area contributed by atoms with E-state index in [-0.39, 0.29) is 22.9 Å². The maximum Gasteiger partial charge on any atom is 0.416 e. The number of nitrogens with zero attached hydrogens (tertiary/aromatic N) is 2. The number of nitrogens with one attached hydrogen (secondary N) is 1. The molecule has 0 saturated heterocycles. The van der Waals surface area contributed by atoms with Gasteiger partial charge in [0.2, 0.25) is 11.8 Å². The number of alkyl halides is 3. The van der Waals surface area contributed by atoms with Crippen molar-refractivity contribution in [1.82, 2.24) is 10.2 Å². The fourth-order valence-corrected chi connectivity index (χ4v) is 6.41. The van der Waals surface area contributed by atoms with Crippen molar-refractivity contribution in [2.75, 3.05) is 10.8 Å². The van der Waals surface area contributed by atoms with E-state index in [2.05, 4.69) is 5.32 Å². The van der Waals surface area contributed by atoms with Crippen LogP contribution in [0.4, 0.5) is 23.2 Å². The molecule has 0 aromatic heterocycles. The monoisotopic (exact) mass is 683 g/mol. The van der Waals surface area contributed by atoms with Gasteiger partial charge in [0.1, 0.15) is 18.4 Å². The molecule has 254 valence electrons. The van der Waals surface area contributed by atoms with Gasteiger partial charge in [-0.2, -0.15) is 13.2 Å². The summed E-state index contributed by atoms with van der Waals surface area (Å²) in [6.45, 7) is 3.99. The van der Waals surface area contributed by atoms with Gasteiger partial charge in [-0.1, -0.05) is 79.2 Å². The van der Waals surface area contributed by atoms with E-state index in [1.807, 2.05) is 6.92 Å². The summed E-state index contributed by atoms with van der Waals surface area (Å²) < 4.78 is 85.2. The number of hydrogen-bond acceptors (Lipinski definition) is 4. The van der Waals surface area contributed by atoms with E-state index < -0.39 is 64.2 Å². The Morgan fingerprint density at radius 1 is 0.875 bits per heavy atom. The molecule has 4 aromatic carbocycles. The van der Waals surface area contributed by atoms with Crippen LogP contribution in [0.3, 0.4) is 0 Å². The average Bonchev–Trinajstić information content (AvgIpc) is 3.06. The van der Waals surface area contributed by atoms with Crippen molar-refractivity contribution >= 4 is 27.5 Å². The Morgan fingerprint density at radius 2 is 1.52 bits per heavy atom. The van der Waals surface area contributed by atoms with E-state index >= 15 is 4.39 Å². The number of rotatable bonds is 13. The van der Waals surface area contributed by atoms with Crippen molar-refractivity contribution in [1.29, 1.82) is 0 Å². The Hall–Kier alpha value is -4.71. The van der Waals surface area contributed by atoms with Crippen LogP contribution in [0.2, 0.25) is 0 Å². The summed E-state index contributed by atoms with van der Waals surface area (Å²) >= 11 is 0. The van der Waals surface area contributed by atoms with Crippen molar-refractivity contribution < 1.29 is 35.6 Å². The van der Waals surface area contributed by atoms with E-state index in [4.69, 9.17) is 0 Å². The molecule has 0 heterocycles. The Morgan fingerprint density at radius 3 is 2.15 bits per heavy atom. The van der Waals surface area contributed by atoms with Gasteiger partial charge in [0.25, 0.3) is 10.0 Å². The summed E-state index contributed by atoms with van der Waals surface area (Å²) in [5.41, 5.74) is -0.0481. The fraction of sp³-hybridized carbons (Fsp3) is 0.278. The van der Waals surface area contributed by atoms with Crippen LogP contribution in [0.1, 0.15) is 42.5 Å². The highest BCUT2D eigenvalue weighted by atomic mass is 32.2. The van der Waals surface area contributed by atoms with Gasteiger partial charge in [0.15, 0.2) is 0 Å². The molecule has 0 aliphatic rings. The molecule has 7 nitrogen and oxygen atoms in total. The van der Waals surface area contributed by atoms with Crippen LogP contribution < -0.4 is 9.62 Å². The lowest BCUT2D eigenvalue weighted by Crippen LogP contribution is -2.54. The Kier molecular flexibility index (Phi) is 11.6. The molecular weight excluding hydrogens is 646 g/mol. The third kappa shape index (κ3) is 9.00. The van der Waals surface area contributed by atoms with E-state index in [0.29, 0.717) is 22.4 Å². The summed E-state index contributed by atoms with van der Waals surface area (Å²) in [5, 5.41) is 2.87. The zero-order chi connectivity index (χ0) is 35.1. The summed E-state index contributed by atoms with van der Waals surface area (Å²) in [7, 11) is -4.63. The molecular formula is C36H37F4N3O4S. The zero-order valence-electron chi connectivity index (χ0n) is 26.7. The molecule has 0 bridgehead atoms. The molecule has 0 unspecified atom stereocenters. The quantitative estimate of drug-likeness (QED) is 0.155. The third-order valence-corrected chi connectivity index (χ3v) is 9.71. The Labute approximate surface area is 278 Å². The molecule has 0 spiro atoms. The first kappa shape index (κ1) is 36.1. The number of carbonyl (C=O) groups excluding carboxylic acids is 2. The molecule has 0 radical (unpaired) electrons. The van der Waals surface area contributed by atoms with E-state index in [1.165, 1.54) is 42.5 Å². The van der Waals surface area contributed by atoms with Gasteiger partial charge in [-0.25, -0.2) is 12.8 Å². The lowest BCUT2D eigenvalue weighted by molar-refractivity contribution is -0.140. The summed E-state index contributed by atoms with van der Waals surface area (Å²) in [6.07, 6.45) is -4.23. The standard InChI is InChI=1S/C36H37F4N3O4S/c1-4-26(3)41-35(45)33(21-27-11-6-5-7-12-27)42(23-28-13-8-9-16-32(28)37)34(44)24-43(30-15-10-14-29(22-30)36(38,39)40)48(46,47)31-19-17-25(2)18-20-31/h5-20,22,26,33H,4,21,23-24H2,1-3H3,(H,41,45)/t26-,33+/m1/s1. The highest BCUT2D eigenvalue weighted by molar-refractivity contribution is 7.92. The number of benzene rings is 4. The molecule has 0 fully saturated rings. The SMILES string of the molecule is CC[C@@H](C)NC(=O)[C@H](Cc1ccccc1)N(Cc1ccccc1F)C(=O)CN(c1cccc(C(F)(F)F)c1)S(=O)(=O)c1ccc(C)cc1. The van der Waals surface area contributed by atoms with Gasteiger partial charge >= 0.3 is 6.18 Å². The van der Waals surface area contributed by atoms with E-state index in [9.17, 15) is 31.2 Å². The summed E-state index contributed by atoms with van der Waals surface area (Å²) in [5.74, 6) is -2.13. The third-order valence-electron chi connectivity index (χ3n) is 7.92. The summed E-state index contributed by atoms with van der Waals surface area (Å²) in [6, 6.07) is 22.2. The number of hydrogen-bond donors (Lipinski definition) is 1. The van der Waals surface area contributed by atoms with Gasteiger partial charge in [0.05, 0.1) is 16.1 Å². The second-order valence-corrected chi connectivity index (χ2v) is 13.4. The number of halogens is 4. The largest absolute Gasteiger partial charge is 0.416 e. The van der Waals surface area contributed by atoms with Crippen LogP contribution in [0.25, 0.3) is 0 Å². The number of sulfonamides is 1. The van der Waals surface area contributed by atoms with Crippen LogP contribution in [0.15, 0.2) is 108 Å². The molecule has 2 amide bonds. The number of anilines is 1. The minimum atomic E-state index is -4.80. The molecule has 12 heteroatoms. The van der Waals surface area contributed by atoms with E-state index in [1.54, 1.807) is 50.2 Å². The van der Waals surface area contributed by atoms with Crippen molar-refractivity contribution in [3.8, 4) is 0 Å². The van der Waals surface area contributed by atoms with Crippen molar-refractivity contribution in [2.45, 2.75) is 63.3 Å². The van der Waals surface area contributed by atoms with Crippen LogP contribution in [-0.4, -0.2) is 43.8 Å². The van der Waals surface area contributed by atoms with Crippen LogP contribution in [0.5, 0.6) is 0 Å². The Balaban J connectivity index is 1.86. The predicted molar refractivity (Wildman–Crippen MR) is 176 cm³/mol. The molecule has 0 saturated carbocycles. The second kappa shape index (κ2) is 15.5. The van der Waals surface area contributed by atoms with Crippen molar-refractivity contribution in [2.24, 2.45) is 0 Å². The molecule has 1 N–H and O–H groups in total. The van der Waals surface area contributed by atoms with Gasteiger partial charge < -0.3 is 10.2 Å². The maximum atomic E-state index is 15.0. The lowest BCUT2D eigenvalue weighted by atomic mass is 10.0. The summed E-state index contributed by atoms with van der Waals surface area (Å²) in [4.78, 5) is 29.1. The molecule has 4 aromatic rings. The first-order valence-corrected chi connectivity index (χ1v) is 16.8. The highest BCUT2D eigenvalue weighted by Crippen LogP contribution is 2.33. The first-order valence-electron chi connectivity index (χ1n) is 15.3. The predicted octanol–water partition coefficient (Wildman–Crippen LogP) is 6.90. The van der Waals surface area contributed by atoms with Crippen molar-refractivity contribution in [3.05, 3.63) is 131 Å². The van der Waals surface area contributed by atoms with E-state index in [0.717, 1.165) is 28.7 Å².